The van der Waals surface area contributed by atoms with Gasteiger partial charge >= 0.3 is 0 Å². The van der Waals surface area contributed by atoms with Gasteiger partial charge in [0.25, 0.3) is 5.91 Å². The summed E-state index contributed by atoms with van der Waals surface area (Å²) in [6.45, 7) is 7.21. The number of benzene rings is 1. The van der Waals surface area contributed by atoms with E-state index in [1.165, 1.54) is 0 Å². The van der Waals surface area contributed by atoms with E-state index >= 15 is 0 Å². The van der Waals surface area contributed by atoms with E-state index < -0.39 is 0 Å². The van der Waals surface area contributed by atoms with Gasteiger partial charge in [-0.25, -0.2) is 4.98 Å². The second-order valence-corrected chi connectivity index (χ2v) is 7.58. The number of nitrogens with zero attached hydrogens (tertiary/aromatic N) is 4. The Hall–Kier alpha value is -3.09. The maximum Gasteiger partial charge on any atom is 0.251 e. The molecule has 2 aromatic heterocycles. The quantitative estimate of drug-likeness (QED) is 0.736. The Balaban J connectivity index is 1.56. The second kappa shape index (κ2) is 7.14. The summed E-state index contributed by atoms with van der Waals surface area (Å²) in [6.07, 6.45) is 1.78. The van der Waals surface area contributed by atoms with Gasteiger partial charge in [0.2, 0.25) is 0 Å². The molecule has 1 atom stereocenters. The van der Waals surface area contributed by atoms with Gasteiger partial charge in [-0.15, -0.1) is 0 Å². The predicted molar refractivity (Wildman–Crippen MR) is 107 cm³/mol. The molecule has 1 aliphatic rings. The first-order valence-electron chi connectivity index (χ1n) is 9.52. The summed E-state index contributed by atoms with van der Waals surface area (Å²) >= 11 is 0. The van der Waals surface area contributed by atoms with E-state index in [1.54, 1.807) is 6.33 Å². The number of hydrogen-bond acceptors (Lipinski definition) is 5. The third-order valence-electron chi connectivity index (χ3n) is 5.12. The molecule has 7 nitrogen and oxygen atoms in total. The molecule has 0 saturated heterocycles. The molecule has 7 heteroatoms. The monoisotopic (exact) mass is 379 g/mol. The van der Waals surface area contributed by atoms with E-state index in [9.17, 15) is 4.79 Å². The topological polar surface area (TPSA) is 76.2 Å². The van der Waals surface area contributed by atoms with Gasteiger partial charge in [-0.05, 0) is 56.7 Å². The van der Waals surface area contributed by atoms with Crippen molar-refractivity contribution in [3.05, 3.63) is 65.1 Å². The number of fused-ring (bicyclic) bond motifs is 1. The molecule has 0 aliphatic carbocycles. The van der Waals surface area contributed by atoms with Gasteiger partial charge in [0.1, 0.15) is 17.8 Å². The molecule has 3 heterocycles. The molecule has 1 aliphatic heterocycles. The molecule has 1 unspecified atom stereocenters. The smallest absolute Gasteiger partial charge is 0.251 e. The van der Waals surface area contributed by atoms with Crippen LogP contribution >= 0.6 is 0 Å². The van der Waals surface area contributed by atoms with E-state index in [0.717, 1.165) is 35.1 Å². The van der Waals surface area contributed by atoms with Crippen LogP contribution < -0.4 is 10.2 Å². The Labute approximate surface area is 164 Å². The Morgan fingerprint density at radius 1 is 1.32 bits per heavy atom. The third kappa shape index (κ3) is 3.40. The van der Waals surface area contributed by atoms with E-state index in [0.29, 0.717) is 12.1 Å². The Kier molecular flexibility index (Phi) is 4.66. The van der Waals surface area contributed by atoms with Crippen molar-refractivity contribution in [2.45, 2.75) is 39.3 Å². The zero-order chi connectivity index (χ0) is 19.8. The molecule has 0 saturated carbocycles. The average molecular weight is 379 g/mol. The number of aryl methyl sites for hydroxylation is 1. The molecule has 1 aromatic carbocycles. The summed E-state index contributed by atoms with van der Waals surface area (Å²) in [6, 6.07) is 9.85. The van der Waals surface area contributed by atoms with Crippen LogP contribution in [0.2, 0.25) is 0 Å². The van der Waals surface area contributed by atoms with Crippen molar-refractivity contribution in [2.24, 2.45) is 0 Å². The van der Waals surface area contributed by atoms with Gasteiger partial charge in [0, 0.05) is 30.9 Å². The minimum atomic E-state index is -0.120. The standard InChI is InChI=1S/C21H25N5O2/c1-13(2)26-12-23-20(24-26)18-11-25(4)19-8-6-15(9-17(18)19)21(27)22-10-16-7-5-14(3)28-16/h5-9,12-13,18H,10-11H2,1-4H3,(H,22,27). The van der Waals surface area contributed by atoms with Gasteiger partial charge in [-0.1, -0.05) is 0 Å². The molecule has 1 amide bonds. The molecule has 146 valence electrons. The number of aromatic nitrogens is 3. The minimum Gasteiger partial charge on any atom is -0.465 e. The SMILES string of the molecule is Cc1ccc(CNC(=O)c2ccc3c(c2)C(c2ncn(C(C)C)n2)CN3C)o1. The fourth-order valence-electron chi connectivity index (χ4n) is 3.56. The number of nitrogens with one attached hydrogen (secondary N) is 1. The van der Waals surface area contributed by atoms with E-state index in [4.69, 9.17) is 4.42 Å². The maximum absolute atomic E-state index is 12.6. The van der Waals surface area contributed by atoms with Crippen molar-refractivity contribution in [2.75, 3.05) is 18.5 Å². The number of amides is 1. The van der Waals surface area contributed by atoms with E-state index in [-0.39, 0.29) is 17.9 Å². The molecule has 0 spiro atoms. The van der Waals surface area contributed by atoms with Crippen LogP contribution in [0.15, 0.2) is 41.1 Å². The molecular weight excluding hydrogens is 354 g/mol. The number of carbonyl (C=O) groups excluding carboxylic acids is 1. The first-order chi connectivity index (χ1) is 13.4. The first-order valence-corrected chi connectivity index (χ1v) is 9.52. The molecule has 0 radical (unpaired) electrons. The highest BCUT2D eigenvalue weighted by Gasteiger charge is 2.31. The van der Waals surface area contributed by atoms with Crippen molar-refractivity contribution in [1.82, 2.24) is 20.1 Å². The number of anilines is 1. The summed E-state index contributed by atoms with van der Waals surface area (Å²) < 4.78 is 7.38. The Morgan fingerprint density at radius 3 is 2.82 bits per heavy atom. The summed E-state index contributed by atoms with van der Waals surface area (Å²) in [7, 11) is 2.05. The van der Waals surface area contributed by atoms with Gasteiger partial charge in [0.05, 0.1) is 12.5 Å². The number of furan rings is 1. The lowest BCUT2D eigenvalue weighted by atomic mass is 9.98. The highest BCUT2D eigenvalue weighted by molar-refractivity contribution is 5.95. The van der Waals surface area contributed by atoms with Crippen molar-refractivity contribution >= 4 is 11.6 Å². The maximum atomic E-state index is 12.6. The predicted octanol–water partition coefficient (Wildman–Crippen LogP) is 3.27. The highest BCUT2D eigenvalue weighted by atomic mass is 16.3. The molecule has 0 bridgehead atoms. The highest BCUT2D eigenvalue weighted by Crippen LogP contribution is 2.38. The van der Waals surface area contributed by atoms with Crippen LogP contribution in [0.1, 0.15) is 59.1 Å². The van der Waals surface area contributed by atoms with Crippen molar-refractivity contribution < 1.29 is 9.21 Å². The lowest BCUT2D eigenvalue weighted by Gasteiger charge is -2.12. The fraction of sp³-hybridized carbons (Fsp3) is 0.381. The normalized spacial score (nSPS) is 15.9. The largest absolute Gasteiger partial charge is 0.465 e. The zero-order valence-electron chi connectivity index (χ0n) is 16.6. The number of likely N-dealkylation sites (N-methyl/N-ethyl adjacent to an activating group) is 1. The van der Waals surface area contributed by atoms with Crippen LogP contribution in [0.4, 0.5) is 5.69 Å². The third-order valence-corrected chi connectivity index (χ3v) is 5.12. The molecular formula is C21H25N5O2. The van der Waals surface area contributed by atoms with Crippen molar-refractivity contribution in [3.8, 4) is 0 Å². The summed E-state index contributed by atoms with van der Waals surface area (Å²) in [5.74, 6) is 2.31. The fourth-order valence-corrected chi connectivity index (χ4v) is 3.56. The van der Waals surface area contributed by atoms with Crippen LogP contribution in [0.25, 0.3) is 0 Å². The van der Waals surface area contributed by atoms with E-state index in [1.807, 2.05) is 41.9 Å². The molecule has 0 fully saturated rings. The molecule has 3 aromatic rings. The first kappa shape index (κ1) is 18.3. The van der Waals surface area contributed by atoms with Crippen molar-refractivity contribution in [1.29, 1.82) is 0 Å². The molecule has 4 rings (SSSR count). The van der Waals surface area contributed by atoms with Crippen LogP contribution in [0, 0.1) is 6.92 Å². The molecule has 28 heavy (non-hydrogen) atoms. The number of rotatable bonds is 5. The summed E-state index contributed by atoms with van der Waals surface area (Å²) in [5, 5.41) is 7.57. The lowest BCUT2D eigenvalue weighted by Crippen LogP contribution is -2.22. The number of carbonyl (C=O) groups is 1. The van der Waals surface area contributed by atoms with Crippen LogP contribution in [-0.4, -0.2) is 34.3 Å². The zero-order valence-corrected chi connectivity index (χ0v) is 16.6. The Bertz CT molecular complexity index is 1000. The van der Waals surface area contributed by atoms with Crippen LogP contribution in [0.5, 0.6) is 0 Å². The van der Waals surface area contributed by atoms with Crippen LogP contribution in [-0.2, 0) is 6.54 Å². The van der Waals surface area contributed by atoms with Gasteiger partial charge < -0.3 is 14.6 Å². The minimum absolute atomic E-state index is 0.0560. The van der Waals surface area contributed by atoms with Crippen LogP contribution in [0.3, 0.4) is 0 Å². The summed E-state index contributed by atoms with van der Waals surface area (Å²) in [4.78, 5) is 19.3. The lowest BCUT2D eigenvalue weighted by molar-refractivity contribution is 0.0948. The van der Waals surface area contributed by atoms with Gasteiger partial charge in [0.15, 0.2) is 5.82 Å². The Morgan fingerprint density at radius 2 is 2.14 bits per heavy atom. The average Bonchev–Trinajstić information content (AvgIpc) is 3.38. The van der Waals surface area contributed by atoms with E-state index in [2.05, 4.69) is 41.2 Å². The van der Waals surface area contributed by atoms with Gasteiger partial charge in [-0.2, -0.15) is 5.10 Å². The molecule has 1 N–H and O–H groups in total. The number of hydrogen-bond donors (Lipinski definition) is 1. The van der Waals surface area contributed by atoms with Gasteiger partial charge in [-0.3, -0.25) is 9.48 Å². The van der Waals surface area contributed by atoms with Crippen molar-refractivity contribution in [3.63, 3.8) is 0 Å². The second-order valence-electron chi connectivity index (χ2n) is 7.58. The summed E-state index contributed by atoms with van der Waals surface area (Å²) in [5.41, 5.74) is 2.83.